The quantitative estimate of drug-likeness (QED) is 0.699. The minimum absolute atomic E-state index is 0.821. The molecule has 0 saturated carbocycles. The van der Waals surface area contributed by atoms with Gasteiger partial charge in [-0.05, 0) is 40.3 Å². The van der Waals surface area contributed by atoms with Gasteiger partial charge in [-0.1, -0.05) is 36.4 Å². The molecule has 2 aromatic carbocycles. The summed E-state index contributed by atoms with van der Waals surface area (Å²) in [7, 11) is 0. The van der Waals surface area contributed by atoms with E-state index >= 15 is 0 Å². The largest absolute Gasteiger partial charge is 0.464 e. The second-order valence-electron chi connectivity index (χ2n) is 4.45. The molecule has 0 spiro atoms. The van der Waals surface area contributed by atoms with Gasteiger partial charge in [0.15, 0.2) is 0 Å². The Hall–Kier alpha value is -1.33. The van der Waals surface area contributed by atoms with Gasteiger partial charge in [-0.3, -0.25) is 0 Å². The number of fused-ring (bicyclic) bond motifs is 1. The summed E-state index contributed by atoms with van der Waals surface area (Å²) in [6.07, 6.45) is 1.84. The maximum absolute atomic E-state index is 5.53. The first-order valence-electron chi connectivity index (χ1n) is 6.24. The number of nitrogens with one attached hydrogen (secondary N) is 1. The molecule has 3 rings (SSSR count). The van der Waals surface area contributed by atoms with E-state index in [9.17, 15) is 0 Å². The highest BCUT2D eigenvalue weighted by atomic mass is 127. The summed E-state index contributed by atoms with van der Waals surface area (Å²) < 4.78 is 6.83. The van der Waals surface area contributed by atoms with Crippen molar-refractivity contribution in [2.75, 3.05) is 0 Å². The molecule has 2 nitrogen and oxygen atoms in total. The van der Waals surface area contributed by atoms with Crippen LogP contribution in [0.15, 0.2) is 59.2 Å². The van der Waals surface area contributed by atoms with Crippen LogP contribution in [-0.2, 0) is 13.1 Å². The Bertz CT molecular complexity index is 690. The van der Waals surface area contributed by atoms with Crippen molar-refractivity contribution in [2.45, 2.75) is 13.1 Å². The molecule has 0 unspecified atom stereocenters. The van der Waals surface area contributed by atoms with E-state index in [1.54, 1.807) is 0 Å². The minimum atomic E-state index is 0.821. The van der Waals surface area contributed by atoms with Crippen LogP contribution in [0.1, 0.15) is 11.1 Å². The zero-order chi connectivity index (χ0) is 13.1. The van der Waals surface area contributed by atoms with Gasteiger partial charge in [-0.2, -0.15) is 0 Å². The Morgan fingerprint density at radius 2 is 1.63 bits per heavy atom. The summed E-state index contributed by atoms with van der Waals surface area (Å²) in [6.45, 7) is 1.70. The van der Waals surface area contributed by atoms with Gasteiger partial charge in [0.25, 0.3) is 0 Å². The van der Waals surface area contributed by atoms with Crippen LogP contribution in [0, 0.1) is 3.57 Å². The van der Waals surface area contributed by atoms with Gasteiger partial charge in [-0.15, -0.1) is 0 Å². The highest BCUT2D eigenvalue weighted by Gasteiger charge is 2.04. The summed E-state index contributed by atoms with van der Waals surface area (Å²) in [5.74, 6) is 0. The third-order valence-electron chi connectivity index (χ3n) is 3.15. The average Bonchev–Trinajstić information content (AvgIpc) is 2.85. The molecule has 1 heterocycles. The number of furan rings is 1. The SMILES string of the molecule is Ic1ccccc1CNCc1coc2ccccc12. The Labute approximate surface area is 126 Å². The van der Waals surface area contributed by atoms with Crippen molar-refractivity contribution in [1.82, 2.24) is 5.32 Å². The maximum atomic E-state index is 5.53. The van der Waals surface area contributed by atoms with Crippen LogP contribution in [0.2, 0.25) is 0 Å². The van der Waals surface area contributed by atoms with Crippen LogP contribution >= 0.6 is 22.6 Å². The molecule has 0 aliphatic heterocycles. The third kappa shape index (κ3) is 2.82. The predicted molar refractivity (Wildman–Crippen MR) is 85.9 cm³/mol. The second-order valence-corrected chi connectivity index (χ2v) is 5.61. The summed E-state index contributed by atoms with van der Waals surface area (Å²) in [5, 5.41) is 4.66. The van der Waals surface area contributed by atoms with E-state index in [2.05, 4.69) is 58.2 Å². The average molecular weight is 363 g/mol. The Morgan fingerprint density at radius 1 is 0.895 bits per heavy atom. The van der Waals surface area contributed by atoms with Crippen molar-refractivity contribution in [3.05, 3.63) is 69.5 Å². The number of hydrogen-bond acceptors (Lipinski definition) is 2. The van der Waals surface area contributed by atoms with Crippen molar-refractivity contribution in [3.63, 3.8) is 0 Å². The highest BCUT2D eigenvalue weighted by Crippen LogP contribution is 2.20. The second kappa shape index (κ2) is 5.75. The predicted octanol–water partition coefficient (Wildman–Crippen LogP) is 4.33. The maximum Gasteiger partial charge on any atom is 0.134 e. The number of benzene rings is 2. The molecule has 19 heavy (non-hydrogen) atoms. The highest BCUT2D eigenvalue weighted by molar-refractivity contribution is 14.1. The molecule has 1 N–H and O–H groups in total. The van der Waals surface area contributed by atoms with Crippen molar-refractivity contribution >= 4 is 33.6 Å². The monoisotopic (exact) mass is 363 g/mol. The molecule has 0 bridgehead atoms. The molecule has 3 heteroatoms. The topological polar surface area (TPSA) is 25.2 Å². The summed E-state index contributed by atoms with van der Waals surface area (Å²) in [4.78, 5) is 0. The van der Waals surface area contributed by atoms with Crippen molar-refractivity contribution < 1.29 is 4.42 Å². The van der Waals surface area contributed by atoms with Crippen LogP contribution in [-0.4, -0.2) is 0 Å². The molecule has 0 saturated heterocycles. The van der Waals surface area contributed by atoms with Gasteiger partial charge in [0.1, 0.15) is 5.58 Å². The van der Waals surface area contributed by atoms with Gasteiger partial charge in [-0.25, -0.2) is 0 Å². The van der Waals surface area contributed by atoms with Crippen LogP contribution in [0.25, 0.3) is 11.0 Å². The molecular weight excluding hydrogens is 349 g/mol. The normalized spacial score (nSPS) is 11.0. The van der Waals surface area contributed by atoms with E-state index in [-0.39, 0.29) is 0 Å². The lowest BCUT2D eigenvalue weighted by Gasteiger charge is -2.05. The molecule has 1 aromatic heterocycles. The van der Waals surface area contributed by atoms with Gasteiger partial charge < -0.3 is 9.73 Å². The van der Waals surface area contributed by atoms with Gasteiger partial charge in [0.05, 0.1) is 6.26 Å². The Balaban J connectivity index is 1.68. The molecule has 0 atom stereocenters. The fraction of sp³-hybridized carbons (Fsp3) is 0.125. The zero-order valence-electron chi connectivity index (χ0n) is 10.4. The van der Waals surface area contributed by atoms with Crippen molar-refractivity contribution in [1.29, 1.82) is 0 Å². The molecule has 0 fully saturated rings. The van der Waals surface area contributed by atoms with E-state index in [1.165, 1.54) is 20.1 Å². The molecule has 3 aromatic rings. The van der Waals surface area contributed by atoms with E-state index in [4.69, 9.17) is 4.42 Å². The fourth-order valence-electron chi connectivity index (χ4n) is 2.14. The standard InChI is InChI=1S/C16H14INO/c17-15-7-3-1-5-12(15)9-18-10-13-11-19-16-8-4-2-6-14(13)16/h1-8,11,18H,9-10H2. The van der Waals surface area contributed by atoms with E-state index in [0.29, 0.717) is 0 Å². The molecule has 0 amide bonds. The lowest BCUT2D eigenvalue weighted by Crippen LogP contribution is -2.13. The summed E-state index contributed by atoms with van der Waals surface area (Å²) in [5.41, 5.74) is 3.49. The minimum Gasteiger partial charge on any atom is -0.464 e. The number of halogens is 1. The molecular formula is C16H14INO. The van der Waals surface area contributed by atoms with Gasteiger partial charge in [0.2, 0.25) is 0 Å². The molecule has 96 valence electrons. The van der Waals surface area contributed by atoms with Gasteiger partial charge >= 0.3 is 0 Å². The van der Waals surface area contributed by atoms with E-state index in [1.807, 2.05) is 24.5 Å². The number of hydrogen-bond donors (Lipinski definition) is 1. The third-order valence-corrected chi connectivity index (χ3v) is 4.20. The van der Waals surface area contributed by atoms with E-state index < -0.39 is 0 Å². The van der Waals surface area contributed by atoms with Gasteiger partial charge in [0, 0.05) is 27.6 Å². The number of para-hydroxylation sites is 1. The first-order chi connectivity index (χ1) is 9.34. The molecule has 0 radical (unpaired) electrons. The first-order valence-corrected chi connectivity index (χ1v) is 7.32. The van der Waals surface area contributed by atoms with Crippen LogP contribution in [0.3, 0.4) is 0 Å². The first kappa shape index (κ1) is 12.7. The fourth-order valence-corrected chi connectivity index (χ4v) is 2.72. The lowest BCUT2D eigenvalue weighted by atomic mass is 10.1. The van der Waals surface area contributed by atoms with E-state index in [0.717, 1.165) is 18.7 Å². The summed E-state index contributed by atoms with van der Waals surface area (Å²) >= 11 is 2.37. The van der Waals surface area contributed by atoms with Crippen LogP contribution < -0.4 is 5.32 Å². The van der Waals surface area contributed by atoms with Crippen LogP contribution in [0.5, 0.6) is 0 Å². The number of rotatable bonds is 4. The zero-order valence-corrected chi connectivity index (χ0v) is 12.6. The van der Waals surface area contributed by atoms with Crippen molar-refractivity contribution in [2.24, 2.45) is 0 Å². The Morgan fingerprint density at radius 3 is 2.53 bits per heavy atom. The summed E-state index contributed by atoms with van der Waals surface area (Å²) in [6, 6.07) is 16.6. The van der Waals surface area contributed by atoms with Crippen molar-refractivity contribution in [3.8, 4) is 0 Å². The smallest absolute Gasteiger partial charge is 0.134 e. The molecule has 0 aliphatic rings. The Kier molecular flexibility index (Phi) is 3.84. The van der Waals surface area contributed by atoms with Crippen LogP contribution in [0.4, 0.5) is 0 Å². The molecule has 0 aliphatic carbocycles. The lowest BCUT2D eigenvalue weighted by molar-refractivity contribution is 0.602.